The van der Waals surface area contributed by atoms with Crippen molar-refractivity contribution in [3.63, 3.8) is 0 Å². The fraction of sp³-hybridized carbons (Fsp3) is 0.304. The summed E-state index contributed by atoms with van der Waals surface area (Å²) in [5.41, 5.74) is 2.08. The van der Waals surface area contributed by atoms with Gasteiger partial charge >= 0.3 is 16.1 Å². The standard InChI is InChI=1S/C21H22F2N2O3S.C2H2O3/c1-24-10-8-14(9-11-24)17-13-25(2)20-7-6-15(12-16(17)20)28-29(26,27)21-18(22)4-3-5-19(21)23;3-1-2(4)5/h3-7,12-14H,8-11H2,1-2H3;1H,(H,4,5). The van der Waals surface area contributed by atoms with Gasteiger partial charge in [-0.3, -0.25) is 4.79 Å². The van der Waals surface area contributed by atoms with Crippen LogP contribution in [-0.2, 0) is 26.8 Å². The number of aromatic nitrogens is 1. The van der Waals surface area contributed by atoms with Crippen molar-refractivity contribution in [2.75, 3.05) is 20.1 Å². The molecule has 0 bridgehead atoms. The summed E-state index contributed by atoms with van der Waals surface area (Å²) in [4.78, 5) is 19.1. The second-order valence-corrected chi connectivity index (χ2v) is 9.48. The molecule has 1 fully saturated rings. The van der Waals surface area contributed by atoms with Gasteiger partial charge in [0, 0.05) is 24.1 Å². The third-order valence-corrected chi connectivity index (χ3v) is 6.93. The minimum absolute atomic E-state index is 0.0283. The number of likely N-dealkylation sites (tertiary alicyclic amines) is 1. The van der Waals surface area contributed by atoms with E-state index in [0.29, 0.717) is 5.92 Å². The van der Waals surface area contributed by atoms with Crippen molar-refractivity contribution >= 4 is 33.3 Å². The molecule has 1 aromatic heterocycles. The number of piperidine rings is 1. The molecule has 11 heteroatoms. The predicted molar refractivity (Wildman–Crippen MR) is 120 cm³/mol. The van der Waals surface area contributed by atoms with Crippen LogP contribution < -0.4 is 4.18 Å². The maximum Gasteiger partial charge on any atom is 0.368 e. The van der Waals surface area contributed by atoms with E-state index in [2.05, 4.69) is 18.1 Å². The number of nitrogens with zero attached hydrogens (tertiary/aromatic N) is 2. The van der Waals surface area contributed by atoms with Gasteiger partial charge in [-0.1, -0.05) is 6.07 Å². The van der Waals surface area contributed by atoms with Crippen molar-refractivity contribution < 1.29 is 36.1 Å². The van der Waals surface area contributed by atoms with Crippen LogP contribution in [0.15, 0.2) is 47.5 Å². The molecule has 1 aliphatic rings. The van der Waals surface area contributed by atoms with E-state index in [1.807, 2.05) is 11.6 Å². The van der Waals surface area contributed by atoms with Gasteiger partial charge in [-0.05, 0) is 74.8 Å². The highest BCUT2D eigenvalue weighted by Gasteiger charge is 2.27. The first-order valence-corrected chi connectivity index (χ1v) is 11.8. The van der Waals surface area contributed by atoms with Crippen molar-refractivity contribution in [3.05, 3.63) is 59.8 Å². The molecule has 8 nitrogen and oxygen atoms in total. The third kappa shape index (κ3) is 5.60. The molecular formula is C23H24F2N2O6S. The third-order valence-electron chi connectivity index (χ3n) is 5.63. The van der Waals surface area contributed by atoms with Crippen molar-refractivity contribution in [2.24, 2.45) is 7.05 Å². The molecule has 1 N–H and O–H groups in total. The minimum Gasteiger partial charge on any atom is -0.476 e. The van der Waals surface area contributed by atoms with Crippen LogP contribution in [0.2, 0.25) is 0 Å². The number of halogens is 2. The molecule has 0 aliphatic carbocycles. The Morgan fingerprint density at radius 3 is 2.26 bits per heavy atom. The fourth-order valence-electron chi connectivity index (χ4n) is 3.99. The van der Waals surface area contributed by atoms with E-state index in [1.54, 1.807) is 12.1 Å². The molecule has 0 atom stereocenters. The highest BCUT2D eigenvalue weighted by Crippen LogP contribution is 2.36. The lowest BCUT2D eigenvalue weighted by atomic mass is 9.89. The van der Waals surface area contributed by atoms with Gasteiger partial charge in [0.05, 0.1) is 0 Å². The molecule has 182 valence electrons. The SMILES string of the molecule is CN1CCC(c2cn(C)c3ccc(OS(=O)(=O)c4c(F)cccc4F)cc23)CC1.O=CC(=O)O. The maximum absolute atomic E-state index is 13.9. The predicted octanol–water partition coefficient (Wildman–Crippen LogP) is 3.30. The van der Waals surface area contributed by atoms with Gasteiger partial charge in [0.25, 0.3) is 0 Å². The number of hydrogen-bond donors (Lipinski definition) is 1. The first-order chi connectivity index (χ1) is 16.0. The molecule has 1 saturated heterocycles. The number of fused-ring (bicyclic) bond motifs is 1. The van der Waals surface area contributed by atoms with E-state index in [-0.39, 0.29) is 12.0 Å². The van der Waals surface area contributed by atoms with E-state index < -0.39 is 32.6 Å². The zero-order chi connectivity index (χ0) is 25.0. The molecule has 0 radical (unpaired) electrons. The van der Waals surface area contributed by atoms with Crippen molar-refractivity contribution in [2.45, 2.75) is 23.7 Å². The van der Waals surface area contributed by atoms with Crippen LogP contribution in [0.25, 0.3) is 10.9 Å². The van der Waals surface area contributed by atoms with Crippen LogP contribution in [0.3, 0.4) is 0 Å². The molecule has 0 amide bonds. The molecule has 0 unspecified atom stereocenters. The van der Waals surface area contributed by atoms with Crippen LogP contribution in [0.5, 0.6) is 5.75 Å². The summed E-state index contributed by atoms with van der Waals surface area (Å²) in [6, 6.07) is 7.77. The largest absolute Gasteiger partial charge is 0.476 e. The number of aldehydes is 1. The lowest BCUT2D eigenvalue weighted by molar-refractivity contribution is -0.143. The Labute approximate surface area is 195 Å². The van der Waals surface area contributed by atoms with Gasteiger partial charge in [0.2, 0.25) is 6.29 Å². The van der Waals surface area contributed by atoms with Gasteiger partial charge in [0.15, 0.2) is 4.90 Å². The second kappa shape index (κ2) is 10.3. The average Bonchev–Trinajstić information content (AvgIpc) is 3.10. The number of benzene rings is 2. The second-order valence-electron chi connectivity index (χ2n) is 8.00. The summed E-state index contributed by atoms with van der Waals surface area (Å²) in [6.07, 6.45) is 3.92. The van der Waals surface area contributed by atoms with Gasteiger partial charge < -0.3 is 18.8 Å². The van der Waals surface area contributed by atoms with E-state index >= 15 is 0 Å². The summed E-state index contributed by atoms with van der Waals surface area (Å²) < 4.78 is 60.0. The quantitative estimate of drug-likeness (QED) is 0.330. The van der Waals surface area contributed by atoms with Crippen molar-refractivity contribution in [1.29, 1.82) is 0 Å². The molecule has 2 aromatic carbocycles. The number of aliphatic carboxylic acids is 1. The number of aryl methyl sites for hydroxylation is 1. The lowest BCUT2D eigenvalue weighted by Gasteiger charge is -2.28. The highest BCUT2D eigenvalue weighted by molar-refractivity contribution is 7.87. The van der Waals surface area contributed by atoms with Crippen molar-refractivity contribution in [1.82, 2.24) is 9.47 Å². The maximum atomic E-state index is 13.9. The van der Waals surface area contributed by atoms with Gasteiger partial charge in [-0.15, -0.1) is 0 Å². The molecule has 3 aromatic rings. The normalized spacial score (nSPS) is 14.9. The van der Waals surface area contributed by atoms with Crippen LogP contribution in [0, 0.1) is 11.6 Å². The molecule has 2 heterocycles. The summed E-state index contributed by atoms with van der Waals surface area (Å²) >= 11 is 0. The van der Waals surface area contributed by atoms with E-state index in [1.165, 1.54) is 6.07 Å². The number of rotatable bonds is 5. The minimum atomic E-state index is -4.64. The topological polar surface area (TPSA) is 106 Å². The number of carboxylic acid groups (broad SMARTS) is 1. The summed E-state index contributed by atoms with van der Waals surface area (Å²) in [7, 11) is -0.612. The van der Waals surface area contributed by atoms with Crippen molar-refractivity contribution in [3.8, 4) is 5.75 Å². The Hall–Kier alpha value is -3.31. The Morgan fingerprint density at radius 1 is 1.12 bits per heavy atom. The van der Waals surface area contributed by atoms with E-state index in [9.17, 15) is 17.2 Å². The summed E-state index contributed by atoms with van der Waals surface area (Å²) in [5, 5.41) is 8.25. The highest BCUT2D eigenvalue weighted by atomic mass is 32.2. The zero-order valence-corrected chi connectivity index (χ0v) is 19.4. The van der Waals surface area contributed by atoms with Gasteiger partial charge in [-0.2, -0.15) is 8.42 Å². The zero-order valence-electron chi connectivity index (χ0n) is 18.6. The number of carboxylic acids is 1. The Morgan fingerprint density at radius 2 is 1.71 bits per heavy atom. The molecule has 1 aliphatic heterocycles. The Kier molecular flexibility index (Phi) is 7.68. The van der Waals surface area contributed by atoms with E-state index in [0.717, 1.165) is 60.6 Å². The number of carbonyl (C=O) groups excluding carboxylic acids is 1. The smallest absolute Gasteiger partial charge is 0.368 e. The molecule has 0 saturated carbocycles. The molecule has 34 heavy (non-hydrogen) atoms. The molecule has 0 spiro atoms. The number of carbonyl (C=O) groups is 2. The van der Waals surface area contributed by atoms with Crippen LogP contribution >= 0.6 is 0 Å². The Bertz CT molecular complexity index is 1290. The monoisotopic (exact) mass is 494 g/mol. The first-order valence-electron chi connectivity index (χ1n) is 10.4. The average molecular weight is 495 g/mol. The molecule has 4 rings (SSSR count). The van der Waals surface area contributed by atoms with Gasteiger partial charge in [-0.25, -0.2) is 13.6 Å². The summed E-state index contributed by atoms with van der Waals surface area (Å²) in [5.74, 6) is -3.40. The number of hydrogen-bond acceptors (Lipinski definition) is 6. The lowest BCUT2D eigenvalue weighted by Crippen LogP contribution is -2.29. The van der Waals surface area contributed by atoms with Crippen LogP contribution in [0.4, 0.5) is 8.78 Å². The Balaban J connectivity index is 0.000000588. The molecular weight excluding hydrogens is 470 g/mol. The fourth-order valence-corrected chi connectivity index (χ4v) is 5.04. The van der Waals surface area contributed by atoms with E-state index in [4.69, 9.17) is 18.9 Å². The summed E-state index contributed by atoms with van der Waals surface area (Å²) in [6.45, 7) is 2.00. The first kappa shape index (κ1) is 25.3. The van der Waals surface area contributed by atoms with Gasteiger partial charge in [0.1, 0.15) is 17.4 Å². The van der Waals surface area contributed by atoms with Crippen LogP contribution in [-0.4, -0.2) is 55.4 Å². The van der Waals surface area contributed by atoms with Crippen LogP contribution in [0.1, 0.15) is 24.3 Å².